The van der Waals surface area contributed by atoms with Gasteiger partial charge in [0.15, 0.2) is 0 Å². The summed E-state index contributed by atoms with van der Waals surface area (Å²) >= 11 is 0. The van der Waals surface area contributed by atoms with Crippen molar-refractivity contribution >= 4 is 23.2 Å². The van der Waals surface area contributed by atoms with Crippen molar-refractivity contribution in [1.82, 2.24) is 9.78 Å². The molecule has 1 aromatic carbocycles. The van der Waals surface area contributed by atoms with Crippen LogP contribution in [0.25, 0.3) is 0 Å². The van der Waals surface area contributed by atoms with Gasteiger partial charge in [-0.25, -0.2) is 0 Å². The molecule has 1 unspecified atom stereocenters. The van der Waals surface area contributed by atoms with E-state index in [1.54, 1.807) is 17.1 Å². The Morgan fingerprint density at radius 3 is 2.73 bits per heavy atom. The van der Waals surface area contributed by atoms with Crippen molar-refractivity contribution < 1.29 is 9.59 Å². The average Bonchev–Trinajstić information content (AvgIpc) is 3.00. The van der Waals surface area contributed by atoms with Gasteiger partial charge in [-0.2, -0.15) is 5.10 Å². The molecule has 1 aliphatic heterocycles. The molecule has 0 fully saturated rings. The molecule has 0 spiro atoms. The molecule has 6 nitrogen and oxygen atoms in total. The Balaban J connectivity index is 1.72. The van der Waals surface area contributed by atoms with Gasteiger partial charge >= 0.3 is 0 Å². The van der Waals surface area contributed by atoms with E-state index in [1.807, 2.05) is 43.9 Å². The number of aryl methyl sites for hydroxylation is 1. The van der Waals surface area contributed by atoms with Crippen molar-refractivity contribution in [2.45, 2.75) is 53.1 Å². The molecule has 0 saturated heterocycles. The molecule has 3 rings (SSSR count). The lowest BCUT2D eigenvalue weighted by Gasteiger charge is -2.35. The van der Waals surface area contributed by atoms with Crippen LogP contribution >= 0.6 is 0 Å². The Labute approximate surface area is 154 Å². The molecule has 1 atom stereocenters. The minimum atomic E-state index is -0.481. The van der Waals surface area contributed by atoms with Crippen LogP contribution in [-0.4, -0.2) is 27.6 Å². The Bertz CT molecular complexity index is 819. The first kappa shape index (κ1) is 18.2. The molecule has 0 radical (unpaired) electrons. The number of anilines is 2. The van der Waals surface area contributed by atoms with Gasteiger partial charge in [-0.05, 0) is 31.4 Å². The highest BCUT2D eigenvalue weighted by atomic mass is 16.2. The van der Waals surface area contributed by atoms with Crippen LogP contribution in [0.2, 0.25) is 0 Å². The molecular weight excluding hydrogens is 328 g/mol. The number of amides is 2. The Morgan fingerprint density at radius 2 is 2.00 bits per heavy atom. The van der Waals surface area contributed by atoms with Gasteiger partial charge in [0, 0.05) is 23.3 Å². The molecule has 1 aromatic heterocycles. The van der Waals surface area contributed by atoms with Gasteiger partial charge in [0.1, 0.15) is 6.54 Å². The summed E-state index contributed by atoms with van der Waals surface area (Å²) in [7, 11) is 0. The van der Waals surface area contributed by atoms with Gasteiger partial charge in [-0.1, -0.05) is 39.0 Å². The van der Waals surface area contributed by atoms with Crippen molar-refractivity contribution in [3.63, 3.8) is 0 Å². The Kier molecular flexibility index (Phi) is 4.85. The fourth-order valence-corrected chi connectivity index (χ4v) is 3.12. The summed E-state index contributed by atoms with van der Waals surface area (Å²) in [4.78, 5) is 26.8. The Hall–Kier alpha value is -2.63. The topological polar surface area (TPSA) is 67.2 Å². The third kappa shape index (κ3) is 3.79. The highest BCUT2D eigenvalue weighted by Gasteiger charge is 2.28. The van der Waals surface area contributed by atoms with Crippen molar-refractivity contribution in [3.8, 4) is 0 Å². The minimum absolute atomic E-state index is 0.00134. The quantitative estimate of drug-likeness (QED) is 0.920. The third-order valence-electron chi connectivity index (χ3n) is 4.66. The molecule has 2 aromatic rings. The lowest BCUT2D eigenvalue weighted by atomic mass is 9.96. The smallest absolute Gasteiger partial charge is 0.248 e. The first-order chi connectivity index (χ1) is 12.3. The normalized spacial score (nSPS) is 16.9. The second kappa shape index (κ2) is 6.94. The van der Waals surface area contributed by atoms with Crippen molar-refractivity contribution in [3.05, 3.63) is 42.2 Å². The molecule has 6 heteroatoms. The largest absolute Gasteiger partial charge is 0.323 e. The first-order valence-corrected chi connectivity index (χ1v) is 8.99. The standard InChI is InChI=1S/C20H26N4O2/c1-14-9-10-15-7-5-6-8-17(15)24(14)18(25)13-23-12-16(11-21-23)22-19(26)20(2,3)4/h5-8,11-12,14H,9-10,13H2,1-4H3,(H,22,26). The van der Waals surface area contributed by atoms with Crippen LogP contribution in [0.3, 0.4) is 0 Å². The molecule has 2 heterocycles. The van der Waals surface area contributed by atoms with Crippen LogP contribution in [0.1, 0.15) is 39.7 Å². The number of para-hydroxylation sites is 1. The number of carbonyl (C=O) groups excluding carboxylic acids is 2. The zero-order chi connectivity index (χ0) is 18.9. The van der Waals surface area contributed by atoms with Crippen LogP contribution in [-0.2, 0) is 22.6 Å². The van der Waals surface area contributed by atoms with E-state index < -0.39 is 5.41 Å². The average molecular weight is 354 g/mol. The number of hydrogen-bond donors (Lipinski definition) is 1. The predicted molar refractivity (Wildman–Crippen MR) is 102 cm³/mol. The van der Waals surface area contributed by atoms with Crippen molar-refractivity contribution in [2.24, 2.45) is 5.41 Å². The third-order valence-corrected chi connectivity index (χ3v) is 4.66. The van der Waals surface area contributed by atoms with Crippen LogP contribution in [0, 0.1) is 5.41 Å². The van der Waals surface area contributed by atoms with Crippen LogP contribution < -0.4 is 10.2 Å². The SMILES string of the molecule is CC1CCc2ccccc2N1C(=O)Cn1cc(NC(=O)C(C)(C)C)cn1. The molecule has 0 saturated carbocycles. The fraction of sp³-hybridized carbons (Fsp3) is 0.450. The van der Waals surface area contributed by atoms with E-state index in [2.05, 4.69) is 23.4 Å². The zero-order valence-electron chi connectivity index (χ0n) is 15.8. The van der Waals surface area contributed by atoms with Gasteiger partial charge in [-0.3, -0.25) is 14.3 Å². The summed E-state index contributed by atoms with van der Waals surface area (Å²) in [5, 5.41) is 7.05. The monoisotopic (exact) mass is 354 g/mol. The number of hydrogen-bond acceptors (Lipinski definition) is 3. The van der Waals surface area contributed by atoms with Crippen LogP contribution in [0.5, 0.6) is 0 Å². The second-order valence-corrected chi connectivity index (χ2v) is 7.91. The van der Waals surface area contributed by atoms with Gasteiger partial charge < -0.3 is 10.2 Å². The molecule has 0 bridgehead atoms. The van der Waals surface area contributed by atoms with Gasteiger partial charge in [0.25, 0.3) is 0 Å². The van der Waals surface area contributed by atoms with E-state index in [-0.39, 0.29) is 24.4 Å². The zero-order valence-corrected chi connectivity index (χ0v) is 15.8. The number of aromatic nitrogens is 2. The lowest BCUT2D eigenvalue weighted by molar-refractivity contribution is -0.123. The number of nitrogens with zero attached hydrogens (tertiary/aromatic N) is 3. The number of carbonyl (C=O) groups is 2. The van der Waals surface area contributed by atoms with Crippen molar-refractivity contribution in [2.75, 3.05) is 10.2 Å². The predicted octanol–water partition coefficient (Wildman–Crippen LogP) is 3.24. The van der Waals surface area contributed by atoms with E-state index in [9.17, 15) is 9.59 Å². The van der Waals surface area contributed by atoms with Crippen LogP contribution in [0.15, 0.2) is 36.7 Å². The summed E-state index contributed by atoms with van der Waals surface area (Å²) in [6, 6.07) is 8.21. The van der Waals surface area contributed by atoms with E-state index in [1.165, 1.54) is 5.56 Å². The first-order valence-electron chi connectivity index (χ1n) is 8.99. The molecule has 0 aliphatic carbocycles. The number of benzene rings is 1. The van der Waals surface area contributed by atoms with E-state index in [0.29, 0.717) is 5.69 Å². The lowest BCUT2D eigenvalue weighted by Crippen LogP contribution is -2.43. The van der Waals surface area contributed by atoms with Gasteiger partial charge in [0.2, 0.25) is 11.8 Å². The van der Waals surface area contributed by atoms with E-state index in [4.69, 9.17) is 0 Å². The summed E-state index contributed by atoms with van der Waals surface area (Å²) in [5.74, 6) is -0.0802. The second-order valence-electron chi connectivity index (χ2n) is 7.91. The molecule has 1 aliphatic rings. The highest BCUT2D eigenvalue weighted by molar-refractivity contribution is 5.95. The maximum Gasteiger partial charge on any atom is 0.248 e. The van der Waals surface area contributed by atoms with Gasteiger partial charge in [0.05, 0.1) is 11.9 Å². The Morgan fingerprint density at radius 1 is 1.27 bits per heavy atom. The molecule has 1 N–H and O–H groups in total. The fourth-order valence-electron chi connectivity index (χ4n) is 3.12. The highest BCUT2D eigenvalue weighted by Crippen LogP contribution is 2.30. The maximum atomic E-state index is 12.9. The maximum absolute atomic E-state index is 12.9. The molecular formula is C20H26N4O2. The van der Waals surface area contributed by atoms with Crippen LogP contribution in [0.4, 0.5) is 11.4 Å². The number of nitrogens with one attached hydrogen (secondary N) is 1. The summed E-state index contributed by atoms with van der Waals surface area (Å²) in [6.07, 6.45) is 5.22. The summed E-state index contributed by atoms with van der Waals surface area (Å²) in [6.45, 7) is 7.78. The molecule has 2 amide bonds. The number of fused-ring (bicyclic) bond motifs is 1. The van der Waals surface area contributed by atoms with E-state index >= 15 is 0 Å². The molecule has 138 valence electrons. The van der Waals surface area contributed by atoms with Crippen molar-refractivity contribution in [1.29, 1.82) is 0 Å². The molecule has 26 heavy (non-hydrogen) atoms. The van der Waals surface area contributed by atoms with E-state index in [0.717, 1.165) is 18.5 Å². The summed E-state index contributed by atoms with van der Waals surface area (Å²) < 4.78 is 1.57. The minimum Gasteiger partial charge on any atom is -0.323 e. The number of rotatable bonds is 3. The van der Waals surface area contributed by atoms with Gasteiger partial charge in [-0.15, -0.1) is 0 Å². The summed E-state index contributed by atoms with van der Waals surface area (Å²) in [5.41, 5.74) is 2.32.